The fraction of sp³-hybridized carbons (Fsp3) is 0.667. The first-order valence-electron chi connectivity index (χ1n) is 1.37. The highest BCUT2D eigenvalue weighted by Gasteiger charge is 2.19. The van der Waals surface area contributed by atoms with Crippen molar-refractivity contribution in [3.8, 4) is 0 Å². The molecule has 0 heterocycles. The molecule has 0 aromatic carbocycles. The molecule has 1 saturated carbocycles. The van der Waals surface area contributed by atoms with Gasteiger partial charge in [0.2, 0.25) is 0 Å². The Bertz CT molecular complexity index is 22.5. The van der Waals surface area contributed by atoms with Crippen molar-refractivity contribution in [2.45, 2.75) is 12.6 Å². The van der Waals surface area contributed by atoms with Crippen molar-refractivity contribution in [3.63, 3.8) is 0 Å². The molecule has 0 aromatic heterocycles. The first-order valence-corrected chi connectivity index (χ1v) is 1.37. The molecule has 0 unspecified atom stereocenters. The van der Waals surface area contributed by atoms with Crippen molar-refractivity contribution in [3.05, 3.63) is 6.42 Å². The molecule has 1 fully saturated rings. The topological polar surface area (TPSA) is 0 Å². The first-order chi connectivity index (χ1) is 1.89. The lowest BCUT2D eigenvalue weighted by atomic mass is 10.9. The summed E-state index contributed by atoms with van der Waals surface area (Å²) in [5.41, 5.74) is 0. The van der Waals surface area contributed by atoms with Crippen LogP contribution in [0.25, 0.3) is 0 Å². The van der Waals surface area contributed by atoms with E-state index in [0.717, 1.165) is 0 Å². The van der Waals surface area contributed by atoms with E-state index < -0.39 is 6.17 Å². The summed E-state index contributed by atoms with van der Waals surface area (Å²) in [4.78, 5) is 0. The van der Waals surface area contributed by atoms with Gasteiger partial charge >= 0.3 is 0 Å². The lowest BCUT2D eigenvalue weighted by Crippen LogP contribution is -1.49. The number of halogens is 1. The summed E-state index contributed by atoms with van der Waals surface area (Å²) in [6.45, 7) is 0. The standard InChI is InChI=1S/C3H4F/c4-3-1-2-3/h1,3H,2H2/t3-/m1/s1. The average Bonchev–Trinajstić information content (AvgIpc) is 1.75. The molecule has 1 aliphatic carbocycles. The van der Waals surface area contributed by atoms with Crippen molar-refractivity contribution in [1.82, 2.24) is 0 Å². The number of hydrogen-bond acceptors (Lipinski definition) is 0. The van der Waals surface area contributed by atoms with Crippen LogP contribution < -0.4 is 0 Å². The van der Waals surface area contributed by atoms with Crippen LogP contribution in [-0.4, -0.2) is 6.17 Å². The van der Waals surface area contributed by atoms with E-state index in [1.807, 2.05) is 0 Å². The van der Waals surface area contributed by atoms with Gasteiger partial charge in [-0.1, -0.05) is 0 Å². The Morgan fingerprint density at radius 3 is 2.25 bits per heavy atom. The van der Waals surface area contributed by atoms with Gasteiger partial charge in [-0.3, -0.25) is 0 Å². The molecule has 0 spiro atoms. The van der Waals surface area contributed by atoms with Gasteiger partial charge in [0.15, 0.2) is 0 Å². The summed E-state index contributed by atoms with van der Waals surface area (Å²) >= 11 is 0. The summed E-state index contributed by atoms with van der Waals surface area (Å²) in [6.07, 6.45) is 1.78. The van der Waals surface area contributed by atoms with E-state index in [4.69, 9.17) is 0 Å². The maximum Gasteiger partial charge on any atom is 0.104 e. The van der Waals surface area contributed by atoms with Crippen LogP contribution >= 0.6 is 0 Å². The molecule has 0 aromatic rings. The van der Waals surface area contributed by atoms with Gasteiger partial charge in [-0.05, 0) is 12.8 Å². The average molecular weight is 59.1 g/mol. The Kier molecular flexibility index (Phi) is 0.245. The lowest BCUT2D eigenvalue weighted by molar-refractivity contribution is 0.494. The molecule has 0 bridgehead atoms. The Balaban J connectivity index is 2.17. The minimum atomic E-state index is -0.542. The van der Waals surface area contributed by atoms with Crippen LogP contribution in [0.3, 0.4) is 0 Å². The van der Waals surface area contributed by atoms with Crippen molar-refractivity contribution < 1.29 is 4.39 Å². The molecule has 0 amide bonds. The summed E-state index contributed by atoms with van der Waals surface area (Å²) in [5, 5.41) is 0. The van der Waals surface area contributed by atoms with Crippen molar-refractivity contribution in [2.75, 3.05) is 0 Å². The molecule has 1 heteroatoms. The molecule has 1 atom stereocenters. The van der Waals surface area contributed by atoms with Crippen LogP contribution in [0, 0.1) is 6.42 Å². The predicted octanol–water partition coefficient (Wildman–Crippen LogP) is 0.932. The molecular formula is C3H4F. The van der Waals surface area contributed by atoms with Crippen molar-refractivity contribution in [1.29, 1.82) is 0 Å². The Morgan fingerprint density at radius 2 is 2.25 bits per heavy atom. The van der Waals surface area contributed by atoms with Gasteiger partial charge in [0.05, 0.1) is 0 Å². The van der Waals surface area contributed by atoms with Gasteiger partial charge in [-0.2, -0.15) is 0 Å². The van der Waals surface area contributed by atoms with Crippen LogP contribution in [0.2, 0.25) is 0 Å². The van der Waals surface area contributed by atoms with E-state index in [1.54, 1.807) is 6.42 Å². The number of rotatable bonds is 0. The van der Waals surface area contributed by atoms with Gasteiger partial charge < -0.3 is 0 Å². The van der Waals surface area contributed by atoms with E-state index in [-0.39, 0.29) is 0 Å². The zero-order valence-electron chi connectivity index (χ0n) is 2.24. The molecule has 23 valence electrons. The monoisotopic (exact) mass is 59.0 g/mol. The lowest BCUT2D eigenvalue weighted by Gasteiger charge is -1.50. The summed E-state index contributed by atoms with van der Waals surface area (Å²) in [6, 6.07) is 0. The molecule has 1 rings (SSSR count). The molecular weight excluding hydrogens is 55.0 g/mol. The quantitative estimate of drug-likeness (QED) is 0.389. The minimum Gasteiger partial charge on any atom is -0.247 e. The van der Waals surface area contributed by atoms with E-state index >= 15 is 0 Å². The molecule has 4 heavy (non-hydrogen) atoms. The first kappa shape index (κ1) is 2.18. The highest BCUT2D eigenvalue weighted by molar-refractivity contribution is 4.94. The van der Waals surface area contributed by atoms with Crippen LogP contribution in [-0.2, 0) is 0 Å². The Labute approximate surface area is 24.6 Å². The molecule has 0 nitrogen and oxygen atoms in total. The highest BCUT2D eigenvalue weighted by Crippen LogP contribution is 2.20. The Morgan fingerprint density at radius 1 is 2.00 bits per heavy atom. The summed E-state index contributed by atoms with van der Waals surface area (Å²) < 4.78 is 11.1. The van der Waals surface area contributed by atoms with Crippen LogP contribution in [0.5, 0.6) is 0 Å². The zero-order valence-corrected chi connectivity index (χ0v) is 2.24. The minimum absolute atomic E-state index is 0.542. The SMILES string of the molecule is F[C@@H]1[CH]C1. The third kappa shape index (κ3) is 0.194. The van der Waals surface area contributed by atoms with E-state index in [9.17, 15) is 4.39 Å². The van der Waals surface area contributed by atoms with Gasteiger partial charge in [0, 0.05) is 0 Å². The molecule has 0 aliphatic heterocycles. The van der Waals surface area contributed by atoms with Crippen LogP contribution in [0.15, 0.2) is 0 Å². The molecule has 1 radical (unpaired) electrons. The molecule has 1 aliphatic rings. The smallest absolute Gasteiger partial charge is 0.104 e. The van der Waals surface area contributed by atoms with Crippen LogP contribution in [0.1, 0.15) is 6.42 Å². The number of alkyl halides is 1. The summed E-state index contributed by atoms with van der Waals surface area (Å²) in [5.74, 6) is 0. The maximum absolute atomic E-state index is 11.1. The fourth-order valence-electron chi connectivity index (χ4n) is 0.0514. The highest BCUT2D eigenvalue weighted by atomic mass is 19.1. The van der Waals surface area contributed by atoms with E-state index in [1.165, 1.54) is 0 Å². The summed E-state index contributed by atoms with van der Waals surface area (Å²) in [7, 11) is 0. The molecule has 0 N–H and O–H groups in total. The maximum atomic E-state index is 11.1. The second-order valence-corrected chi connectivity index (χ2v) is 0.987. The predicted molar refractivity (Wildman–Crippen MR) is 13.8 cm³/mol. The largest absolute Gasteiger partial charge is 0.247 e. The van der Waals surface area contributed by atoms with Crippen LogP contribution in [0.4, 0.5) is 4.39 Å². The second-order valence-electron chi connectivity index (χ2n) is 0.987. The zero-order chi connectivity index (χ0) is 2.99. The molecule has 0 saturated heterocycles. The van der Waals surface area contributed by atoms with Gasteiger partial charge in [0.1, 0.15) is 6.17 Å². The van der Waals surface area contributed by atoms with E-state index in [2.05, 4.69) is 0 Å². The van der Waals surface area contributed by atoms with Gasteiger partial charge in [0.25, 0.3) is 0 Å². The number of hydrogen-bond donors (Lipinski definition) is 0. The second kappa shape index (κ2) is 0.449. The van der Waals surface area contributed by atoms with E-state index in [0.29, 0.717) is 6.42 Å². The normalized spacial score (nSPS) is 26.2. The van der Waals surface area contributed by atoms with Gasteiger partial charge in [-0.25, -0.2) is 4.39 Å². The third-order valence-electron chi connectivity index (χ3n) is 0.414. The van der Waals surface area contributed by atoms with Gasteiger partial charge in [-0.15, -0.1) is 0 Å². The fourth-order valence-corrected chi connectivity index (χ4v) is 0.0514. The Hall–Kier alpha value is -0.0700. The third-order valence-corrected chi connectivity index (χ3v) is 0.414. The van der Waals surface area contributed by atoms with Crippen molar-refractivity contribution >= 4 is 0 Å². The van der Waals surface area contributed by atoms with Crippen molar-refractivity contribution in [2.24, 2.45) is 0 Å².